The van der Waals surface area contributed by atoms with Gasteiger partial charge in [0.25, 0.3) is 5.91 Å². The van der Waals surface area contributed by atoms with Crippen LogP contribution in [0.15, 0.2) is 24.3 Å². The summed E-state index contributed by atoms with van der Waals surface area (Å²) in [4.78, 5) is 33.6. The molecule has 0 bridgehead atoms. The first-order valence-corrected chi connectivity index (χ1v) is 11.3. The van der Waals surface area contributed by atoms with Gasteiger partial charge < -0.3 is 14.8 Å². The Morgan fingerprint density at radius 1 is 1.10 bits per heavy atom. The summed E-state index contributed by atoms with van der Waals surface area (Å²) >= 11 is 0. The molecule has 2 amide bonds. The second kappa shape index (κ2) is 7.87. The van der Waals surface area contributed by atoms with Crippen LogP contribution < -0.4 is 0 Å². The van der Waals surface area contributed by atoms with Gasteiger partial charge in [0.15, 0.2) is 5.69 Å². The number of amides is 2. The van der Waals surface area contributed by atoms with Gasteiger partial charge >= 0.3 is 0 Å². The number of aromatic nitrogens is 3. The molecular formula is C24H29N5O2. The number of hydrogen-bond donors (Lipinski definition) is 1. The van der Waals surface area contributed by atoms with Crippen LogP contribution in [0.4, 0.5) is 0 Å². The quantitative estimate of drug-likeness (QED) is 0.706. The molecule has 1 aromatic carbocycles. The van der Waals surface area contributed by atoms with Crippen molar-refractivity contribution in [1.29, 1.82) is 0 Å². The number of H-pyrrole nitrogens is 1. The van der Waals surface area contributed by atoms with Crippen molar-refractivity contribution >= 4 is 22.7 Å². The minimum Gasteiger partial charge on any atom is -0.358 e. The average molecular weight is 420 g/mol. The molecule has 1 fully saturated rings. The predicted octanol–water partition coefficient (Wildman–Crippen LogP) is 3.06. The van der Waals surface area contributed by atoms with Crippen LogP contribution in [0.1, 0.15) is 52.8 Å². The van der Waals surface area contributed by atoms with E-state index in [1.54, 1.807) is 0 Å². The standard InChI is InChI=1S/C24H29N5O2/c1-3-29-21-10-13-28(15-19(21)23(26-29)24(31)27-11-6-7-12-27)22(30)14-18-16(2)25-20-9-5-4-8-17(18)20/h4-5,8-9,25H,3,6-7,10-15H2,1-2H3. The molecule has 1 saturated heterocycles. The highest BCUT2D eigenvalue weighted by Gasteiger charge is 2.32. The molecule has 0 saturated carbocycles. The third-order valence-corrected chi connectivity index (χ3v) is 6.74. The molecule has 2 aromatic heterocycles. The number of carbonyl (C=O) groups is 2. The number of benzene rings is 1. The molecule has 0 unspecified atom stereocenters. The number of rotatable bonds is 4. The number of likely N-dealkylation sites (tertiary alicyclic amines) is 1. The lowest BCUT2D eigenvalue weighted by Crippen LogP contribution is -2.38. The van der Waals surface area contributed by atoms with E-state index in [0.29, 0.717) is 25.2 Å². The van der Waals surface area contributed by atoms with Crippen molar-refractivity contribution in [2.75, 3.05) is 19.6 Å². The number of para-hydroxylation sites is 1. The van der Waals surface area contributed by atoms with Gasteiger partial charge in [-0.25, -0.2) is 0 Å². The number of nitrogens with one attached hydrogen (secondary N) is 1. The Kier molecular flexibility index (Phi) is 5.04. The fourth-order valence-electron chi connectivity index (χ4n) is 5.03. The average Bonchev–Trinajstić information content (AvgIpc) is 3.51. The number of carbonyl (C=O) groups excluding carboxylic acids is 2. The fraction of sp³-hybridized carbons (Fsp3) is 0.458. The molecule has 31 heavy (non-hydrogen) atoms. The van der Waals surface area contributed by atoms with Crippen molar-refractivity contribution in [3.05, 3.63) is 52.5 Å². The predicted molar refractivity (Wildman–Crippen MR) is 119 cm³/mol. The van der Waals surface area contributed by atoms with Gasteiger partial charge in [0, 0.05) is 67.0 Å². The zero-order chi connectivity index (χ0) is 21.5. The van der Waals surface area contributed by atoms with Crippen LogP contribution in [0.25, 0.3) is 10.9 Å². The SMILES string of the molecule is CCn1nc(C(=O)N2CCCC2)c2c1CCN(C(=O)Cc1c(C)[nH]c3ccccc13)C2. The van der Waals surface area contributed by atoms with Crippen molar-refractivity contribution in [2.45, 2.75) is 52.6 Å². The van der Waals surface area contributed by atoms with E-state index >= 15 is 0 Å². The highest BCUT2D eigenvalue weighted by Crippen LogP contribution is 2.27. The van der Waals surface area contributed by atoms with Gasteiger partial charge in [-0.3, -0.25) is 14.3 Å². The molecule has 5 rings (SSSR count). The lowest BCUT2D eigenvalue weighted by Gasteiger charge is -2.28. The molecule has 2 aliphatic rings. The molecule has 3 aromatic rings. The van der Waals surface area contributed by atoms with Gasteiger partial charge in [-0.2, -0.15) is 5.10 Å². The van der Waals surface area contributed by atoms with Crippen LogP contribution >= 0.6 is 0 Å². The number of aryl methyl sites for hydroxylation is 2. The van der Waals surface area contributed by atoms with Crippen molar-refractivity contribution in [3.8, 4) is 0 Å². The highest BCUT2D eigenvalue weighted by molar-refractivity contribution is 5.95. The highest BCUT2D eigenvalue weighted by atomic mass is 16.2. The third kappa shape index (κ3) is 3.42. The smallest absolute Gasteiger partial charge is 0.274 e. The Morgan fingerprint density at radius 3 is 2.65 bits per heavy atom. The van der Waals surface area contributed by atoms with E-state index < -0.39 is 0 Å². The van der Waals surface area contributed by atoms with Gasteiger partial charge in [-0.05, 0) is 38.3 Å². The molecule has 162 valence electrons. The molecule has 0 spiro atoms. The van der Waals surface area contributed by atoms with Gasteiger partial charge in [-0.15, -0.1) is 0 Å². The van der Waals surface area contributed by atoms with E-state index in [-0.39, 0.29) is 11.8 Å². The Labute approximate surface area is 182 Å². The first kappa shape index (κ1) is 19.8. The van der Waals surface area contributed by atoms with E-state index in [9.17, 15) is 9.59 Å². The summed E-state index contributed by atoms with van der Waals surface area (Å²) < 4.78 is 1.95. The van der Waals surface area contributed by atoms with Crippen molar-refractivity contribution in [3.63, 3.8) is 0 Å². The Bertz CT molecular complexity index is 1150. The zero-order valence-corrected chi connectivity index (χ0v) is 18.3. The first-order valence-electron chi connectivity index (χ1n) is 11.3. The molecular weight excluding hydrogens is 390 g/mol. The van der Waals surface area contributed by atoms with Gasteiger partial charge in [0.05, 0.1) is 6.42 Å². The molecule has 2 aliphatic heterocycles. The van der Waals surface area contributed by atoms with Crippen LogP contribution in [-0.4, -0.2) is 56.0 Å². The number of nitrogens with zero attached hydrogens (tertiary/aromatic N) is 4. The Hall–Kier alpha value is -3.09. The fourth-order valence-corrected chi connectivity index (χ4v) is 5.03. The molecule has 7 nitrogen and oxygen atoms in total. The topological polar surface area (TPSA) is 74.2 Å². The zero-order valence-electron chi connectivity index (χ0n) is 18.3. The van der Waals surface area contributed by atoms with Gasteiger partial charge in [-0.1, -0.05) is 18.2 Å². The van der Waals surface area contributed by atoms with E-state index in [1.807, 2.05) is 39.6 Å². The van der Waals surface area contributed by atoms with Crippen molar-refractivity contribution in [1.82, 2.24) is 24.6 Å². The van der Waals surface area contributed by atoms with Crippen LogP contribution in [0, 0.1) is 6.92 Å². The van der Waals surface area contributed by atoms with Gasteiger partial charge in [0.2, 0.25) is 5.91 Å². The van der Waals surface area contributed by atoms with E-state index in [2.05, 4.69) is 23.1 Å². The minimum atomic E-state index is 0.0164. The first-order chi connectivity index (χ1) is 15.1. The van der Waals surface area contributed by atoms with Crippen molar-refractivity contribution < 1.29 is 9.59 Å². The van der Waals surface area contributed by atoms with Crippen LogP contribution in [0.3, 0.4) is 0 Å². The molecule has 0 radical (unpaired) electrons. The summed E-state index contributed by atoms with van der Waals surface area (Å²) in [6, 6.07) is 8.11. The van der Waals surface area contributed by atoms with E-state index in [4.69, 9.17) is 0 Å². The molecule has 1 N–H and O–H groups in total. The summed E-state index contributed by atoms with van der Waals surface area (Å²) in [5.41, 5.74) is 5.75. The monoisotopic (exact) mass is 419 g/mol. The minimum absolute atomic E-state index is 0.0164. The summed E-state index contributed by atoms with van der Waals surface area (Å²) in [6.45, 7) is 7.53. The number of hydrogen-bond acceptors (Lipinski definition) is 3. The molecule has 0 atom stereocenters. The summed E-state index contributed by atoms with van der Waals surface area (Å²) in [5.74, 6) is 0.116. The Balaban J connectivity index is 1.40. The maximum absolute atomic E-state index is 13.3. The van der Waals surface area contributed by atoms with Crippen molar-refractivity contribution in [2.24, 2.45) is 0 Å². The number of aromatic amines is 1. The maximum Gasteiger partial charge on any atom is 0.274 e. The van der Waals surface area contributed by atoms with Crippen LogP contribution in [-0.2, 0) is 30.7 Å². The maximum atomic E-state index is 13.3. The Morgan fingerprint density at radius 2 is 1.87 bits per heavy atom. The second-order valence-corrected chi connectivity index (χ2v) is 8.61. The summed E-state index contributed by atoms with van der Waals surface area (Å²) in [7, 11) is 0. The summed E-state index contributed by atoms with van der Waals surface area (Å²) in [6.07, 6.45) is 3.21. The molecule has 0 aliphatic carbocycles. The molecule has 4 heterocycles. The van der Waals surface area contributed by atoms with Gasteiger partial charge in [0.1, 0.15) is 0 Å². The van der Waals surface area contributed by atoms with Crippen LogP contribution in [0.5, 0.6) is 0 Å². The third-order valence-electron chi connectivity index (χ3n) is 6.74. The van der Waals surface area contributed by atoms with E-state index in [1.165, 1.54) is 0 Å². The second-order valence-electron chi connectivity index (χ2n) is 8.61. The lowest BCUT2D eigenvalue weighted by molar-refractivity contribution is -0.131. The largest absolute Gasteiger partial charge is 0.358 e. The van der Waals surface area contributed by atoms with E-state index in [0.717, 1.165) is 72.3 Å². The lowest BCUT2D eigenvalue weighted by atomic mass is 10.0. The normalized spacial score (nSPS) is 16.2. The summed E-state index contributed by atoms with van der Waals surface area (Å²) in [5, 5.41) is 5.77. The van der Waals surface area contributed by atoms with Crippen LogP contribution in [0.2, 0.25) is 0 Å². The number of fused-ring (bicyclic) bond motifs is 2. The molecule has 7 heteroatoms.